The van der Waals surface area contributed by atoms with E-state index in [9.17, 15) is 13.5 Å². The molecule has 8 heteroatoms. The summed E-state index contributed by atoms with van der Waals surface area (Å²) in [5.41, 5.74) is 1.47. The van der Waals surface area contributed by atoms with Crippen LogP contribution in [0, 0.1) is 6.92 Å². The van der Waals surface area contributed by atoms with E-state index in [1.165, 1.54) is 0 Å². The third kappa shape index (κ3) is 3.77. The Morgan fingerprint density at radius 3 is 2.75 bits per heavy atom. The van der Waals surface area contributed by atoms with Gasteiger partial charge in [0.1, 0.15) is 5.75 Å². The highest BCUT2D eigenvalue weighted by molar-refractivity contribution is 7.89. The predicted molar refractivity (Wildman–Crippen MR) is 106 cm³/mol. The summed E-state index contributed by atoms with van der Waals surface area (Å²) in [7, 11) is -3.49. The first-order valence-corrected chi connectivity index (χ1v) is 11.1. The summed E-state index contributed by atoms with van der Waals surface area (Å²) in [5.74, 6) is 0.177. The van der Waals surface area contributed by atoms with Crippen molar-refractivity contribution in [2.24, 2.45) is 0 Å². The molecule has 1 aromatic carbocycles. The van der Waals surface area contributed by atoms with Gasteiger partial charge in [-0.25, -0.2) is 8.42 Å². The van der Waals surface area contributed by atoms with Gasteiger partial charge in [-0.2, -0.15) is 4.31 Å². The molecule has 2 aromatic rings. The van der Waals surface area contributed by atoms with Crippen molar-refractivity contribution >= 4 is 10.0 Å². The number of piperazine rings is 1. The lowest BCUT2D eigenvalue weighted by molar-refractivity contribution is 0.141. The Morgan fingerprint density at radius 2 is 1.96 bits per heavy atom. The number of hydrogen-bond acceptors (Lipinski definition) is 6. The molecule has 3 atom stereocenters. The van der Waals surface area contributed by atoms with Crippen LogP contribution in [0.3, 0.4) is 0 Å². The molecule has 28 heavy (non-hydrogen) atoms. The van der Waals surface area contributed by atoms with E-state index in [0.29, 0.717) is 30.2 Å². The van der Waals surface area contributed by atoms with E-state index in [2.05, 4.69) is 15.2 Å². The summed E-state index contributed by atoms with van der Waals surface area (Å²) in [5, 5.41) is 13.3. The Balaban J connectivity index is 1.45. The van der Waals surface area contributed by atoms with Crippen molar-refractivity contribution in [2.75, 3.05) is 26.2 Å². The summed E-state index contributed by atoms with van der Waals surface area (Å²) >= 11 is 0. The lowest BCUT2D eigenvalue weighted by atomic mass is 10.1. The number of nitrogens with zero attached hydrogens (tertiary/aromatic N) is 3. The Hall–Kier alpha value is -2.00. The monoisotopic (exact) mass is 402 g/mol. The van der Waals surface area contributed by atoms with E-state index in [4.69, 9.17) is 0 Å². The molecule has 0 spiro atoms. The number of nitrogens with one attached hydrogen (secondary N) is 1. The molecule has 2 aliphatic rings. The Kier molecular flexibility index (Phi) is 5.37. The maximum Gasteiger partial charge on any atom is 0.243 e. The fraction of sp³-hybridized carbons (Fsp3) is 0.450. The fourth-order valence-electron chi connectivity index (χ4n) is 4.11. The van der Waals surface area contributed by atoms with E-state index in [-0.39, 0.29) is 17.8 Å². The Morgan fingerprint density at radius 1 is 1.18 bits per heavy atom. The number of aromatic hydroxyl groups is 1. The molecule has 2 N–H and O–H groups in total. The van der Waals surface area contributed by atoms with E-state index < -0.39 is 10.0 Å². The molecule has 0 saturated carbocycles. The zero-order valence-electron chi connectivity index (χ0n) is 16.0. The largest absolute Gasteiger partial charge is 0.506 e. The molecular formula is C20H26N4O3S. The van der Waals surface area contributed by atoms with E-state index >= 15 is 0 Å². The van der Waals surface area contributed by atoms with Gasteiger partial charge in [0.2, 0.25) is 10.0 Å². The van der Waals surface area contributed by atoms with Crippen molar-refractivity contribution in [3.8, 4) is 5.75 Å². The molecule has 2 aliphatic heterocycles. The van der Waals surface area contributed by atoms with Gasteiger partial charge in [0.05, 0.1) is 10.6 Å². The summed E-state index contributed by atoms with van der Waals surface area (Å²) < 4.78 is 28.0. The van der Waals surface area contributed by atoms with Gasteiger partial charge in [-0.15, -0.1) is 0 Å². The van der Waals surface area contributed by atoms with Gasteiger partial charge in [0.25, 0.3) is 0 Å². The maximum atomic E-state index is 13.1. The molecule has 2 bridgehead atoms. The first-order chi connectivity index (χ1) is 13.4. The predicted octanol–water partition coefficient (Wildman–Crippen LogP) is 1.33. The van der Waals surface area contributed by atoms with Crippen LogP contribution in [0.5, 0.6) is 5.75 Å². The average Bonchev–Trinajstić information content (AvgIpc) is 3.10. The van der Waals surface area contributed by atoms with Gasteiger partial charge < -0.3 is 10.4 Å². The molecule has 2 saturated heterocycles. The van der Waals surface area contributed by atoms with E-state index in [1.807, 2.05) is 13.0 Å². The minimum atomic E-state index is -3.49. The summed E-state index contributed by atoms with van der Waals surface area (Å²) in [6, 6.07) is 12.2. The van der Waals surface area contributed by atoms with Crippen molar-refractivity contribution in [3.05, 3.63) is 53.9 Å². The van der Waals surface area contributed by atoms with Crippen molar-refractivity contribution in [2.45, 2.75) is 36.9 Å². The van der Waals surface area contributed by atoms with Crippen LogP contribution in [0.15, 0.2) is 47.4 Å². The molecule has 7 nitrogen and oxygen atoms in total. The number of aromatic nitrogens is 1. The summed E-state index contributed by atoms with van der Waals surface area (Å²) in [6.07, 6.45) is 0.864. The second kappa shape index (κ2) is 7.79. The zero-order chi connectivity index (χ0) is 19.7. The number of fused-ring (bicyclic) bond motifs is 2. The van der Waals surface area contributed by atoms with E-state index in [1.54, 1.807) is 40.7 Å². The maximum absolute atomic E-state index is 13.1. The van der Waals surface area contributed by atoms with Crippen LogP contribution in [0.25, 0.3) is 0 Å². The topological polar surface area (TPSA) is 85.8 Å². The van der Waals surface area contributed by atoms with Crippen LogP contribution >= 0.6 is 0 Å². The van der Waals surface area contributed by atoms with Gasteiger partial charge in [0.15, 0.2) is 0 Å². The van der Waals surface area contributed by atoms with Crippen LogP contribution in [0.1, 0.15) is 17.8 Å². The second-order valence-corrected chi connectivity index (χ2v) is 9.42. The lowest BCUT2D eigenvalue weighted by Crippen LogP contribution is -2.57. The third-order valence-corrected chi connectivity index (χ3v) is 7.55. The first kappa shape index (κ1) is 19.3. The normalized spacial score (nSPS) is 25.1. The highest BCUT2D eigenvalue weighted by atomic mass is 32.2. The fourth-order valence-corrected chi connectivity index (χ4v) is 5.82. The molecule has 1 aromatic heterocycles. The summed E-state index contributed by atoms with van der Waals surface area (Å²) in [4.78, 5) is 7.08. The van der Waals surface area contributed by atoms with Crippen molar-refractivity contribution < 1.29 is 13.5 Å². The summed E-state index contributed by atoms with van der Waals surface area (Å²) in [6.45, 7) is 5.14. The van der Waals surface area contributed by atoms with Crippen LogP contribution in [-0.4, -0.2) is 66.0 Å². The van der Waals surface area contributed by atoms with E-state index in [0.717, 1.165) is 25.2 Å². The number of benzene rings is 1. The lowest BCUT2D eigenvalue weighted by Gasteiger charge is -2.39. The quantitative estimate of drug-likeness (QED) is 0.758. The molecule has 150 valence electrons. The van der Waals surface area contributed by atoms with Crippen LogP contribution < -0.4 is 5.32 Å². The molecule has 2 fully saturated rings. The average molecular weight is 403 g/mol. The molecule has 0 amide bonds. The minimum Gasteiger partial charge on any atom is -0.506 e. The Labute approximate surface area is 166 Å². The molecule has 0 radical (unpaired) electrons. The van der Waals surface area contributed by atoms with Crippen molar-refractivity contribution in [3.63, 3.8) is 0 Å². The third-order valence-electron chi connectivity index (χ3n) is 5.62. The van der Waals surface area contributed by atoms with Gasteiger partial charge in [-0.3, -0.25) is 9.88 Å². The van der Waals surface area contributed by atoms with Crippen molar-refractivity contribution in [1.29, 1.82) is 0 Å². The van der Waals surface area contributed by atoms with Gasteiger partial charge >= 0.3 is 0 Å². The molecule has 4 rings (SSSR count). The van der Waals surface area contributed by atoms with Crippen LogP contribution in [0.4, 0.5) is 0 Å². The molecule has 0 aliphatic carbocycles. The number of pyridine rings is 1. The van der Waals surface area contributed by atoms with Crippen molar-refractivity contribution in [1.82, 2.24) is 19.5 Å². The first-order valence-electron chi connectivity index (χ1n) is 9.62. The number of hydrogen-bond donors (Lipinski definition) is 2. The van der Waals surface area contributed by atoms with Crippen LogP contribution in [-0.2, 0) is 16.6 Å². The number of aryl methyl sites for hydroxylation is 1. The highest BCUT2D eigenvalue weighted by Crippen LogP contribution is 2.30. The molecule has 1 unspecified atom stereocenters. The second-order valence-electron chi connectivity index (χ2n) is 7.53. The SMILES string of the molecule is Cc1ccc(O)c(CNC[C@@H]2CN(S(=O)(=O)c3ccccc3)[C@H]3CCN2C3)n1. The highest BCUT2D eigenvalue weighted by Gasteiger charge is 2.43. The Bertz CT molecular complexity index is 936. The van der Waals surface area contributed by atoms with Gasteiger partial charge in [0, 0.05) is 50.5 Å². The van der Waals surface area contributed by atoms with Crippen LogP contribution in [0.2, 0.25) is 0 Å². The van der Waals surface area contributed by atoms with Gasteiger partial charge in [-0.1, -0.05) is 18.2 Å². The zero-order valence-corrected chi connectivity index (χ0v) is 16.8. The molecule has 3 heterocycles. The number of rotatable bonds is 6. The smallest absolute Gasteiger partial charge is 0.243 e. The standard InChI is InChI=1S/C20H26N4O3S/c1-15-7-8-20(25)19(22-15)12-21-11-17-14-24(16-9-10-23(17)13-16)28(26,27)18-5-3-2-4-6-18/h2-8,16-17,21,25H,9-14H2,1H3/t16-,17+/m0/s1. The minimum absolute atomic E-state index is 0.0453. The molecular weight excluding hydrogens is 376 g/mol. The van der Waals surface area contributed by atoms with Gasteiger partial charge in [-0.05, 0) is 37.6 Å². The number of sulfonamides is 1.